The summed E-state index contributed by atoms with van der Waals surface area (Å²) in [6, 6.07) is 14.7. The molecule has 3 aromatic rings. The number of nitrogens with zero attached hydrogens (tertiary/aromatic N) is 2. The molecule has 0 unspecified atom stereocenters. The lowest BCUT2D eigenvalue weighted by Gasteiger charge is -2.13. The van der Waals surface area contributed by atoms with Gasteiger partial charge in [0.05, 0.1) is 11.9 Å². The summed E-state index contributed by atoms with van der Waals surface area (Å²) in [5.41, 5.74) is 2.99. The first-order valence-electron chi connectivity index (χ1n) is 7.77. The van der Waals surface area contributed by atoms with Crippen molar-refractivity contribution in [2.45, 2.75) is 19.0 Å². The monoisotopic (exact) mass is 404 g/mol. The first-order chi connectivity index (χ1) is 11.5. The maximum atomic E-state index is 13.3. The van der Waals surface area contributed by atoms with Crippen molar-refractivity contribution in [2.24, 2.45) is 5.92 Å². The van der Waals surface area contributed by atoms with E-state index in [-0.39, 0.29) is 5.82 Å². The van der Waals surface area contributed by atoms with Crippen LogP contribution in [-0.4, -0.2) is 15.3 Å². The molecule has 2 aromatic carbocycles. The minimum absolute atomic E-state index is 0.236. The van der Waals surface area contributed by atoms with Gasteiger partial charge in [0.2, 0.25) is 0 Å². The summed E-state index contributed by atoms with van der Waals surface area (Å²) >= 11 is 5.19. The van der Waals surface area contributed by atoms with E-state index in [9.17, 15) is 4.39 Å². The third-order valence-electron chi connectivity index (χ3n) is 3.50. The molecule has 3 rings (SSSR count). The lowest BCUT2D eigenvalue weighted by Crippen LogP contribution is -2.01. The first kappa shape index (κ1) is 17.2. The van der Waals surface area contributed by atoms with E-state index in [1.54, 1.807) is 23.9 Å². The van der Waals surface area contributed by atoms with Crippen molar-refractivity contribution >= 4 is 27.7 Å². The van der Waals surface area contributed by atoms with E-state index in [0.29, 0.717) is 5.92 Å². The van der Waals surface area contributed by atoms with Gasteiger partial charge in [-0.2, -0.15) is 0 Å². The standard InChI is InChI=1S/C19H18BrFN2S/c1-13(2)12-24-19-22-11-18(14-3-5-15(20)6-4-14)23(19)17-9-7-16(21)8-10-17/h3-11,13H,12H2,1-2H3. The molecule has 1 heterocycles. The third-order valence-corrected chi connectivity index (χ3v) is 5.41. The highest BCUT2D eigenvalue weighted by molar-refractivity contribution is 9.10. The van der Waals surface area contributed by atoms with Crippen LogP contribution in [0.3, 0.4) is 0 Å². The Kier molecular flexibility index (Phi) is 5.41. The molecule has 0 bridgehead atoms. The average Bonchev–Trinajstić information content (AvgIpc) is 2.98. The molecule has 0 N–H and O–H groups in total. The summed E-state index contributed by atoms with van der Waals surface area (Å²) in [5, 5.41) is 0.924. The zero-order valence-electron chi connectivity index (χ0n) is 13.5. The van der Waals surface area contributed by atoms with Gasteiger partial charge in [0.1, 0.15) is 5.82 Å². The zero-order chi connectivity index (χ0) is 17.1. The summed E-state index contributed by atoms with van der Waals surface area (Å²) < 4.78 is 16.4. The second-order valence-electron chi connectivity index (χ2n) is 5.95. The van der Waals surface area contributed by atoms with E-state index in [1.165, 1.54) is 12.1 Å². The van der Waals surface area contributed by atoms with Crippen molar-refractivity contribution in [1.29, 1.82) is 0 Å². The van der Waals surface area contributed by atoms with E-state index in [0.717, 1.165) is 32.3 Å². The van der Waals surface area contributed by atoms with Crippen LogP contribution in [0.15, 0.2) is 64.4 Å². The molecule has 0 radical (unpaired) electrons. The summed E-state index contributed by atoms with van der Waals surface area (Å²) in [6.07, 6.45) is 1.88. The quantitative estimate of drug-likeness (QED) is 0.471. The highest BCUT2D eigenvalue weighted by Gasteiger charge is 2.14. The third kappa shape index (κ3) is 3.90. The van der Waals surface area contributed by atoms with E-state index in [1.807, 2.05) is 18.3 Å². The van der Waals surface area contributed by atoms with E-state index < -0.39 is 0 Å². The average molecular weight is 405 g/mol. The van der Waals surface area contributed by atoms with Gasteiger partial charge in [-0.15, -0.1) is 0 Å². The fourth-order valence-electron chi connectivity index (χ4n) is 2.34. The molecule has 24 heavy (non-hydrogen) atoms. The van der Waals surface area contributed by atoms with Crippen molar-refractivity contribution in [3.8, 4) is 16.9 Å². The Morgan fingerprint density at radius 2 is 1.75 bits per heavy atom. The molecule has 0 amide bonds. The van der Waals surface area contributed by atoms with E-state index in [4.69, 9.17) is 0 Å². The van der Waals surface area contributed by atoms with Gasteiger partial charge in [0.25, 0.3) is 0 Å². The lowest BCUT2D eigenvalue weighted by atomic mass is 10.1. The van der Waals surface area contributed by atoms with Gasteiger partial charge in [0.15, 0.2) is 5.16 Å². The molecule has 5 heteroatoms. The predicted molar refractivity (Wildman–Crippen MR) is 102 cm³/mol. The summed E-state index contributed by atoms with van der Waals surface area (Å²) in [6.45, 7) is 4.38. The van der Waals surface area contributed by atoms with Crippen LogP contribution in [0.1, 0.15) is 13.8 Å². The van der Waals surface area contributed by atoms with Crippen LogP contribution in [0.2, 0.25) is 0 Å². The van der Waals surface area contributed by atoms with Crippen LogP contribution in [0, 0.1) is 11.7 Å². The van der Waals surface area contributed by atoms with Crippen LogP contribution >= 0.6 is 27.7 Å². The van der Waals surface area contributed by atoms with Crippen molar-refractivity contribution in [2.75, 3.05) is 5.75 Å². The largest absolute Gasteiger partial charge is 0.287 e. The molecule has 0 saturated carbocycles. The Hall–Kier alpha value is -1.59. The van der Waals surface area contributed by atoms with Crippen LogP contribution in [-0.2, 0) is 0 Å². The summed E-state index contributed by atoms with van der Waals surface area (Å²) in [7, 11) is 0. The molecule has 2 nitrogen and oxygen atoms in total. The molecule has 1 aromatic heterocycles. The Morgan fingerprint density at radius 1 is 1.08 bits per heavy atom. The second-order valence-corrected chi connectivity index (χ2v) is 7.85. The number of thioether (sulfide) groups is 1. The molecule has 0 aliphatic heterocycles. The number of halogens is 2. The molecule has 0 spiro atoms. The van der Waals surface area contributed by atoms with Gasteiger partial charge in [-0.3, -0.25) is 4.57 Å². The molecule has 0 saturated heterocycles. The minimum Gasteiger partial charge on any atom is -0.287 e. The second kappa shape index (κ2) is 7.53. The fourth-order valence-corrected chi connectivity index (χ4v) is 3.55. The Labute approximate surface area is 154 Å². The molecule has 0 aliphatic rings. The van der Waals surface area contributed by atoms with Crippen molar-refractivity contribution in [3.63, 3.8) is 0 Å². The Balaban J connectivity index is 2.08. The number of rotatable bonds is 5. The normalized spacial score (nSPS) is 11.2. The predicted octanol–water partition coefficient (Wildman–Crippen LogP) is 6.19. The van der Waals surface area contributed by atoms with Gasteiger partial charge in [-0.05, 0) is 42.3 Å². The molecule has 0 atom stereocenters. The van der Waals surface area contributed by atoms with Crippen LogP contribution in [0.4, 0.5) is 4.39 Å². The summed E-state index contributed by atoms with van der Waals surface area (Å²) in [4.78, 5) is 4.61. The SMILES string of the molecule is CC(C)CSc1ncc(-c2ccc(Br)cc2)n1-c1ccc(F)cc1. The van der Waals surface area contributed by atoms with Crippen molar-refractivity contribution in [1.82, 2.24) is 9.55 Å². The lowest BCUT2D eigenvalue weighted by molar-refractivity contribution is 0.627. The molecular formula is C19H18BrFN2S. The molecule has 0 aliphatic carbocycles. The van der Waals surface area contributed by atoms with Crippen LogP contribution in [0.5, 0.6) is 0 Å². The molecule has 0 fully saturated rings. The number of hydrogen-bond donors (Lipinski definition) is 0. The minimum atomic E-state index is -0.236. The first-order valence-corrected chi connectivity index (χ1v) is 9.55. The maximum absolute atomic E-state index is 13.3. The van der Waals surface area contributed by atoms with E-state index in [2.05, 4.69) is 51.5 Å². The van der Waals surface area contributed by atoms with Crippen LogP contribution < -0.4 is 0 Å². The van der Waals surface area contributed by atoms with Gasteiger partial charge < -0.3 is 0 Å². The number of aromatic nitrogens is 2. The highest BCUT2D eigenvalue weighted by atomic mass is 79.9. The van der Waals surface area contributed by atoms with Crippen molar-refractivity contribution in [3.05, 3.63) is 65.0 Å². The Morgan fingerprint density at radius 3 is 2.38 bits per heavy atom. The highest BCUT2D eigenvalue weighted by Crippen LogP contribution is 2.31. The number of imidazole rings is 1. The Bertz CT molecular complexity index is 810. The van der Waals surface area contributed by atoms with Gasteiger partial charge >= 0.3 is 0 Å². The van der Waals surface area contributed by atoms with Gasteiger partial charge in [-0.25, -0.2) is 9.37 Å². The van der Waals surface area contributed by atoms with Gasteiger partial charge in [0, 0.05) is 21.5 Å². The van der Waals surface area contributed by atoms with Crippen LogP contribution in [0.25, 0.3) is 16.9 Å². The van der Waals surface area contributed by atoms with Crippen molar-refractivity contribution < 1.29 is 4.39 Å². The smallest absolute Gasteiger partial charge is 0.173 e. The zero-order valence-corrected chi connectivity index (χ0v) is 15.9. The topological polar surface area (TPSA) is 17.8 Å². The molecule has 124 valence electrons. The van der Waals surface area contributed by atoms with E-state index >= 15 is 0 Å². The van der Waals surface area contributed by atoms with Gasteiger partial charge in [-0.1, -0.05) is 53.7 Å². The fraction of sp³-hybridized carbons (Fsp3) is 0.211. The summed E-state index contributed by atoms with van der Waals surface area (Å²) in [5.74, 6) is 1.32. The maximum Gasteiger partial charge on any atom is 0.173 e. The number of hydrogen-bond acceptors (Lipinski definition) is 2. The number of benzene rings is 2. The molecular weight excluding hydrogens is 387 g/mol.